The molecule has 0 spiro atoms. The number of rotatable bonds is 2. The molecule has 4 heteroatoms. The van der Waals surface area contributed by atoms with E-state index in [-0.39, 0.29) is 5.41 Å². The highest BCUT2D eigenvalue weighted by atomic mass is 79.9. The molecular weight excluding hydrogens is 314 g/mol. The minimum absolute atomic E-state index is 0.0893. The molecule has 0 amide bonds. The van der Waals surface area contributed by atoms with Crippen molar-refractivity contribution in [2.45, 2.75) is 39.5 Å². The zero-order valence-electron chi connectivity index (χ0n) is 12.4. The van der Waals surface area contributed by atoms with E-state index in [1.54, 1.807) is 0 Å². The number of hydrogen-bond donors (Lipinski definition) is 1. The first kappa shape index (κ1) is 15.0. The van der Waals surface area contributed by atoms with Crippen molar-refractivity contribution in [3.05, 3.63) is 40.0 Å². The first-order valence-electron chi connectivity index (χ1n) is 6.75. The predicted molar refractivity (Wildman–Crippen MR) is 87.7 cm³/mol. The second-order valence-corrected chi connectivity index (χ2v) is 6.69. The van der Waals surface area contributed by atoms with E-state index in [9.17, 15) is 0 Å². The second kappa shape index (κ2) is 5.52. The highest BCUT2D eigenvalue weighted by Gasteiger charge is 2.22. The van der Waals surface area contributed by atoms with Crippen molar-refractivity contribution in [2.24, 2.45) is 0 Å². The molecule has 2 N–H and O–H groups in total. The van der Waals surface area contributed by atoms with Crippen molar-refractivity contribution in [1.29, 1.82) is 0 Å². The molecule has 0 atom stereocenters. The number of halogens is 1. The van der Waals surface area contributed by atoms with Crippen molar-refractivity contribution < 1.29 is 0 Å². The van der Waals surface area contributed by atoms with Crippen molar-refractivity contribution in [3.8, 4) is 11.4 Å². The van der Waals surface area contributed by atoms with Crippen LogP contribution in [-0.4, -0.2) is 9.97 Å². The minimum atomic E-state index is -0.0893. The quantitative estimate of drug-likeness (QED) is 0.888. The molecule has 20 heavy (non-hydrogen) atoms. The van der Waals surface area contributed by atoms with Crippen LogP contribution in [0.1, 0.15) is 39.0 Å². The van der Waals surface area contributed by atoms with Crippen molar-refractivity contribution in [3.63, 3.8) is 0 Å². The number of aromatic nitrogens is 2. The van der Waals surface area contributed by atoms with E-state index in [2.05, 4.69) is 60.7 Å². The Morgan fingerprint density at radius 2 is 1.70 bits per heavy atom. The van der Waals surface area contributed by atoms with Gasteiger partial charge in [0.2, 0.25) is 0 Å². The monoisotopic (exact) mass is 333 g/mol. The first-order chi connectivity index (χ1) is 9.32. The van der Waals surface area contributed by atoms with Gasteiger partial charge in [-0.1, -0.05) is 52.0 Å². The molecule has 2 rings (SSSR count). The number of nitrogens with zero attached hydrogens (tertiary/aromatic N) is 2. The zero-order chi connectivity index (χ0) is 14.9. The van der Waals surface area contributed by atoms with Crippen LogP contribution in [0.3, 0.4) is 0 Å². The van der Waals surface area contributed by atoms with E-state index < -0.39 is 0 Å². The molecule has 0 aliphatic carbocycles. The summed E-state index contributed by atoms with van der Waals surface area (Å²) in [5, 5.41) is 0. The number of nitrogens with two attached hydrogens (primary N) is 1. The summed E-state index contributed by atoms with van der Waals surface area (Å²) in [5.41, 5.74) is 9.15. The summed E-state index contributed by atoms with van der Waals surface area (Å²) in [5.74, 6) is 1.16. The third-order valence-electron chi connectivity index (χ3n) is 3.21. The minimum Gasteiger partial charge on any atom is -0.383 e. The maximum absolute atomic E-state index is 6.01. The van der Waals surface area contributed by atoms with E-state index in [1.165, 1.54) is 5.56 Å². The normalized spacial score (nSPS) is 11.7. The largest absolute Gasteiger partial charge is 0.383 e. The molecule has 0 radical (unpaired) electrons. The SMILES string of the molecule is CCc1ccc(-c2nc(N)c(Br)c(C(C)(C)C)n2)cc1. The Labute approximate surface area is 128 Å². The number of anilines is 1. The number of benzene rings is 1. The van der Waals surface area contributed by atoms with Crippen LogP contribution in [0.2, 0.25) is 0 Å². The number of aryl methyl sites for hydroxylation is 1. The van der Waals surface area contributed by atoms with Gasteiger partial charge in [-0.15, -0.1) is 0 Å². The summed E-state index contributed by atoms with van der Waals surface area (Å²) in [6.07, 6.45) is 1.02. The van der Waals surface area contributed by atoms with Crippen LogP contribution in [0, 0.1) is 0 Å². The Morgan fingerprint density at radius 1 is 1.10 bits per heavy atom. The summed E-state index contributed by atoms with van der Waals surface area (Å²) < 4.78 is 0.791. The standard InChI is InChI=1S/C16H20BrN3/c1-5-10-6-8-11(9-7-10)15-19-13(16(2,3)4)12(17)14(18)20-15/h6-9H,5H2,1-4H3,(H2,18,19,20). The number of nitrogen functional groups attached to an aromatic ring is 1. The van der Waals surface area contributed by atoms with Gasteiger partial charge in [-0.25, -0.2) is 9.97 Å². The van der Waals surface area contributed by atoms with Gasteiger partial charge >= 0.3 is 0 Å². The predicted octanol–water partition coefficient (Wildman–Crippen LogP) is 4.35. The first-order valence-corrected chi connectivity index (χ1v) is 7.55. The fourth-order valence-corrected chi connectivity index (χ4v) is 2.75. The van der Waals surface area contributed by atoms with Crippen molar-refractivity contribution >= 4 is 21.7 Å². The lowest BCUT2D eigenvalue weighted by atomic mass is 9.91. The Hall–Kier alpha value is -1.42. The van der Waals surface area contributed by atoms with E-state index in [0.717, 1.165) is 22.2 Å². The fraction of sp³-hybridized carbons (Fsp3) is 0.375. The highest BCUT2D eigenvalue weighted by molar-refractivity contribution is 9.10. The molecule has 1 heterocycles. The molecule has 0 saturated carbocycles. The van der Waals surface area contributed by atoms with Gasteiger partial charge in [-0.05, 0) is 27.9 Å². The Morgan fingerprint density at radius 3 is 2.20 bits per heavy atom. The highest BCUT2D eigenvalue weighted by Crippen LogP contribution is 2.33. The Bertz CT molecular complexity index is 613. The average molecular weight is 334 g/mol. The third kappa shape index (κ3) is 3.01. The molecule has 0 aliphatic heterocycles. The van der Waals surface area contributed by atoms with E-state index in [0.29, 0.717) is 11.6 Å². The lowest BCUT2D eigenvalue weighted by Crippen LogP contribution is -2.17. The summed E-state index contributed by atoms with van der Waals surface area (Å²) >= 11 is 3.50. The van der Waals surface area contributed by atoms with Crippen LogP contribution < -0.4 is 5.73 Å². The van der Waals surface area contributed by atoms with Crippen LogP contribution >= 0.6 is 15.9 Å². The van der Waals surface area contributed by atoms with Crippen LogP contribution in [0.15, 0.2) is 28.7 Å². The van der Waals surface area contributed by atoms with Gasteiger partial charge < -0.3 is 5.73 Å². The lowest BCUT2D eigenvalue weighted by Gasteiger charge is -2.21. The smallest absolute Gasteiger partial charge is 0.161 e. The van der Waals surface area contributed by atoms with Gasteiger partial charge in [-0.2, -0.15) is 0 Å². The second-order valence-electron chi connectivity index (χ2n) is 5.90. The molecule has 106 valence electrons. The molecule has 0 bridgehead atoms. The maximum Gasteiger partial charge on any atom is 0.161 e. The van der Waals surface area contributed by atoms with Crippen molar-refractivity contribution in [2.75, 3.05) is 5.73 Å². The lowest BCUT2D eigenvalue weighted by molar-refractivity contribution is 0.565. The topological polar surface area (TPSA) is 51.8 Å². The van der Waals surface area contributed by atoms with Crippen LogP contribution in [0.25, 0.3) is 11.4 Å². The molecule has 1 aromatic heterocycles. The van der Waals surface area contributed by atoms with Gasteiger partial charge in [0.1, 0.15) is 5.82 Å². The Kier molecular flexibility index (Phi) is 4.14. The van der Waals surface area contributed by atoms with Gasteiger partial charge in [0, 0.05) is 11.0 Å². The summed E-state index contributed by atoms with van der Waals surface area (Å²) in [4.78, 5) is 9.08. The summed E-state index contributed by atoms with van der Waals surface area (Å²) in [7, 11) is 0. The van der Waals surface area contributed by atoms with Crippen LogP contribution in [-0.2, 0) is 11.8 Å². The molecule has 0 aliphatic rings. The molecule has 0 saturated heterocycles. The van der Waals surface area contributed by atoms with E-state index in [4.69, 9.17) is 10.7 Å². The van der Waals surface area contributed by atoms with Crippen LogP contribution in [0.4, 0.5) is 5.82 Å². The maximum atomic E-state index is 6.01. The summed E-state index contributed by atoms with van der Waals surface area (Å²) in [6, 6.07) is 8.31. The molecule has 2 aromatic rings. The van der Waals surface area contributed by atoms with Crippen molar-refractivity contribution in [1.82, 2.24) is 9.97 Å². The fourth-order valence-electron chi connectivity index (χ4n) is 1.98. The van der Waals surface area contributed by atoms with E-state index >= 15 is 0 Å². The molecule has 1 aromatic carbocycles. The van der Waals surface area contributed by atoms with Crippen LogP contribution in [0.5, 0.6) is 0 Å². The Balaban J connectivity index is 2.54. The average Bonchev–Trinajstić information content (AvgIpc) is 2.40. The van der Waals surface area contributed by atoms with E-state index in [1.807, 2.05) is 12.1 Å². The van der Waals surface area contributed by atoms with Gasteiger partial charge in [0.15, 0.2) is 5.82 Å². The molecule has 0 unspecified atom stereocenters. The van der Waals surface area contributed by atoms with Gasteiger partial charge in [0.25, 0.3) is 0 Å². The molecular formula is C16H20BrN3. The zero-order valence-corrected chi connectivity index (χ0v) is 14.0. The third-order valence-corrected chi connectivity index (χ3v) is 3.99. The number of hydrogen-bond acceptors (Lipinski definition) is 3. The van der Waals surface area contributed by atoms with Gasteiger partial charge in [-0.3, -0.25) is 0 Å². The summed E-state index contributed by atoms with van der Waals surface area (Å²) in [6.45, 7) is 8.48. The van der Waals surface area contributed by atoms with Gasteiger partial charge in [0.05, 0.1) is 10.2 Å². The molecule has 3 nitrogen and oxygen atoms in total. The molecule has 0 fully saturated rings.